The van der Waals surface area contributed by atoms with E-state index < -0.39 is 0 Å². The Kier molecular flexibility index (Phi) is 7.80. The molecule has 6 heteroatoms. The highest BCUT2D eigenvalue weighted by Gasteiger charge is 2.24. The fourth-order valence-electron chi connectivity index (χ4n) is 3.98. The summed E-state index contributed by atoms with van der Waals surface area (Å²) in [5, 5.41) is 3.98. The third-order valence-corrected chi connectivity index (χ3v) is 6.03. The van der Waals surface area contributed by atoms with Crippen LogP contribution in [0.1, 0.15) is 32.6 Å². The van der Waals surface area contributed by atoms with Crippen LogP contribution in [0.25, 0.3) is 0 Å². The van der Waals surface area contributed by atoms with Gasteiger partial charge in [-0.1, -0.05) is 31.4 Å². The summed E-state index contributed by atoms with van der Waals surface area (Å²) in [6.07, 6.45) is 4.92. The molecule has 1 aliphatic heterocycles. The SMILES string of the molecule is CC1CCCCC1NC(=O)CN1CCN(CCOc2ccc(Cl)cc2)CC1. The molecule has 1 saturated carbocycles. The third-order valence-electron chi connectivity index (χ3n) is 5.78. The number of benzene rings is 1. The van der Waals surface area contributed by atoms with Crippen LogP contribution in [0.3, 0.4) is 0 Å². The summed E-state index contributed by atoms with van der Waals surface area (Å²) in [6.45, 7) is 8.20. The number of halogens is 1. The minimum absolute atomic E-state index is 0.188. The largest absolute Gasteiger partial charge is 0.492 e. The lowest BCUT2D eigenvalue weighted by Gasteiger charge is -2.35. The molecule has 1 aromatic carbocycles. The number of nitrogens with zero attached hydrogens (tertiary/aromatic N) is 2. The highest BCUT2D eigenvalue weighted by Crippen LogP contribution is 2.23. The van der Waals surface area contributed by atoms with Gasteiger partial charge in [0.1, 0.15) is 12.4 Å². The second-order valence-corrected chi connectivity index (χ2v) is 8.29. The highest BCUT2D eigenvalue weighted by molar-refractivity contribution is 6.30. The predicted molar refractivity (Wildman–Crippen MR) is 109 cm³/mol. The van der Waals surface area contributed by atoms with Crippen molar-refractivity contribution in [2.45, 2.75) is 38.6 Å². The molecule has 2 atom stereocenters. The Balaban J connectivity index is 1.30. The molecule has 3 rings (SSSR count). The van der Waals surface area contributed by atoms with E-state index in [2.05, 4.69) is 22.0 Å². The van der Waals surface area contributed by atoms with E-state index >= 15 is 0 Å². The number of piperazine rings is 1. The van der Waals surface area contributed by atoms with Crippen molar-refractivity contribution >= 4 is 17.5 Å². The zero-order chi connectivity index (χ0) is 19.1. The van der Waals surface area contributed by atoms with Crippen molar-refractivity contribution in [3.05, 3.63) is 29.3 Å². The zero-order valence-corrected chi connectivity index (χ0v) is 17.1. The van der Waals surface area contributed by atoms with Crippen LogP contribution in [0.5, 0.6) is 5.75 Å². The molecule has 0 radical (unpaired) electrons. The molecule has 2 unspecified atom stereocenters. The lowest BCUT2D eigenvalue weighted by Crippen LogP contribution is -2.51. The van der Waals surface area contributed by atoms with Crippen molar-refractivity contribution in [3.63, 3.8) is 0 Å². The fraction of sp³-hybridized carbons (Fsp3) is 0.667. The molecule has 1 aromatic rings. The Bertz CT molecular complexity index is 588. The van der Waals surface area contributed by atoms with Crippen molar-refractivity contribution in [3.8, 4) is 5.75 Å². The molecule has 0 spiro atoms. The van der Waals surface area contributed by atoms with Gasteiger partial charge in [0, 0.05) is 43.8 Å². The van der Waals surface area contributed by atoms with Crippen LogP contribution >= 0.6 is 11.6 Å². The maximum atomic E-state index is 12.4. The number of rotatable bonds is 7. The molecule has 27 heavy (non-hydrogen) atoms. The number of nitrogens with one attached hydrogen (secondary N) is 1. The van der Waals surface area contributed by atoms with E-state index in [1.807, 2.05) is 24.3 Å². The highest BCUT2D eigenvalue weighted by atomic mass is 35.5. The summed E-state index contributed by atoms with van der Waals surface area (Å²) in [6, 6.07) is 7.85. The van der Waals surface area contributed by atoms with Gasteiger partial charge in [0.2, 0.25) is 5.91 Å². The maximum absolute atomic E-state index is 12.4. The topological polar surface area (TPSA) is 44.8 Å². The summed E-state index contributed by atoms with van der Waals surface area (Å²) in [5.41, 5.74) is 0. The second-order valence-electron chi connectivity index (χ2n) is 7.86. The first-order valence-electron chi connectivity index (χ1n) is 10.2. The lowest BCUT2D eigenvalue weighted by molar-refractivity contribution is -0.124. The van der Waals surface area contributed by atoms with E-state index in [0.717, 1.165) is 49.9 Å². The average Bonchev–Trinajstić information content (AvgIpc) is 2.67. The molecule has 150 valence electrons. The first-order valence-corrected chi connectivity index (χ1v) is 10.6. The first kappa shape index (κ1) is 20.4. The van der Waals surface area contributed by atoms with Gasteiger partial charge in [0.25, 0.3) is 0 Å². The van der Waals surface area contributed by atoms with Crippen LogP contribution in [0.15, 0.2) is 24.3 Å². The monoisotopic (exact) mass is 393 g/mol. The van der Waals surface area contributed by atoms with Crippen molar-refractivity contribution in [2.75, 3.05) is 45.9 Å². The second kappa shape index (κ2) is 10.3. The Morgan fingerprint density at radius 1 is 1.11 bits per heavy atom. The van der Waals surface area contributed by atoms with Crippen LogP contribution in [-0.4, -0.2) is 67.6 Å². The number of hydrogen-bond acceptors (Lipinski definition) is 4. The van der Waals surface area contributed by atoms with E-state index in [9.17, 15) is 4.79 Å². The molecule has 5 nitrogen and oxygen atoms in total. The number of hydrogen-bond donors (Lipinski definition) is 1. The van der Waals surface area contributed by atoms with Gasteiger partial charge in [-0.3, -0.25) is 14.6 Å². The zero-order valence-electron chi connectivity index (χ0n) is 16.3. The molecule has 1 saturated heterocycles. The van der Waals surface area contributed by atoms with Gasteiger partial charge in [-0.2, -0.15) is 0 Å². The van der Waals surface area contributed by atoms with Gasteiger partial charge in [-0.25, -0.2) is 0 Å². The van der Waals surface area contributed by atoms with Crippen LogP contribution in [0.4, 0.5) is 0 Å². The standard InChI is InChI=1S/C21H32ClN3O2/c1-17-4-2-3-5-20(17)23-21(26)16-25-12-10-24(11-13-25)14-15-27-19-8-6-18(22)7-9-19/h6-9,17,20H,2-5,10-16H2,1H3,(H,23,26). The first-order chi connectivity index (χ1) is 13.1. The molecule has 1 aliphatic carbocycles. The number of carbonyl (C=O) groups excluding carboxylic acids is 1. The molecule has 1 N–H and O–H groups in total. The van der Waals surface area contributed by atoms with Gasteiger partial charge in [-0.15, -0.1) is 0 Å². The molecule has 1 amide bonds. The molecule has 1 heterocycles. The Labute approximate surface area is 168 Å². The molecule has 2 fully saturated rings. The Morgan fingerprint density at radius 3 is 2.48 bits per heavy atom. The van der Waals surface area contributed by atoms with E-state index in [-0.39, 0.29) is 5.91 Å². The third kappa shape index (κ3) is 6.66. The summed E-state index contributed by atoms with van der Waals surface area (Å²) in [5.74, 6) is 1.65. The maximum Gasteiger partial charge on any atom is 0.234 e. The molecule has 0 aromatic heterocycles. The van der Waals surface area contributed by atoms with E-state index in [0.29, 0.717) is 25.1 Å². The van der Waals surface area contributed by atoms with Crippen molar-refractivity contribution < 1.29 is 9.53 Å². The summed E-state index contributed by atoms with van der Waals surface area (Å²) >= 11 is 5.88. The van der Waals surface area contributed by atoms with Crippen LogP contribution < -0.4 is 10.1 Å². The smallest absolute Gasteiger partial charge is 0.234 e. The van der Waals surface area contributed by atoms with Crippen LogP contribution in [0.2, 0.25) is 5.02 Å². The Morgan fingerprint density at radius 2 is 1.78 bits per heavy atom. The van der Waals surface area contributed by atoms with Crippen molar-refractivity contribution in [1.29, 1.82) is 0 Å². The minimum atomic E-state index is 0.188. The minimum Gasteiger partial charge on any atom is -0.492 e. The molecular weight excluding hydrogens is 362 g/mol. The quantitative estimate of drug-likeness (QED) is 0.773. The predicted octanol–water partition coefficient (Wildman–Crippen LogP) is 3.03. The average molecular weight is 394 g/mol. The number of ether oxygens (including phenoxy) is 1. The molecule has 2 aliphatic rings. The summed E-state index contributed by atoms with van der Waals surface area (Å²) in [4.78, 5) is 17.0. The molecule has 0 bridgehead atoms. The van der Waals surface area contributed by atoms with E-state index in [1.54, 1.807) is 0 Å². The van der Waals surface area contributed by atoms with Gasteiger partial charge < -0.3 is 10.1 Å². The van der Waals surface area contributed by atoms with Gasteiger partial charge in [0.05, 0.1) is 6.54 Å². The van der Waals surface area contributed by atoms with E-state index in [4.69, 9.17) is 16.3 Å². The van der Waals surface area contributed by atoms with Gasteiger partial charge >= 0.3 is 0 Å². The van der Waals surface area contributed by atoms with Gasteiger partial charge in [0.15, 0.2) is 0 Å². The number of carbonyl (C=O) groups is 1. The van der Waals surface area contributed by atoms with Crippen molar-refractivity contribution in [2.24, 2.45) is 5.92 Å². The Hall–Kier alpha value is -1.30. The molecular formula is C21H32ClN3O2. The summed E-state index contributed by atoms with van der Waals surface area (Å²) < 4.78 is 5.77. The van der Waals surface area contributed by atoms with Gasteiger partial charge in [-0.05, 0) is 43.0 Å². The van der Waals surface area contributed by atoms with Crippen LogP contribution in [-0.2, 0) is 4.79 Å². The number of amides is 1. The van der Waals surface area contributed by atoms with E-state index in [1.165, 1.54) is 19.3 Å². The van der Waals surface area contributed by atoms with Crippen molar-refractivity contribution in [1.82, 2.24) is 15.1 Å². The normalized spacial score (nSPS) is 24.5. The summed E-state index contributed by atoms with van der Waals surface area (Å²) in [7, 11) is 0. The van der Waals surface area contributed by atoms with Crippen LogP contribution in [0, 0.1) is 5.92 Å². The lowest BCUT2D eigenvalue weighted by atomic mass is 9.86. The fourth-order valence-corrected chi connectivity index (χ4v) is 4.11.